The van der Waals surface area contributed by atoms with Crippen LogP contribution in [0.15, 0.2) is 22.7 Å². The summed E-state index contributed by atoms with van der Waals surface area (Å²) in [7, 11) is 0. The number of aryl methyl sites for hydroxylation is 3. The second-order valence-corrected chi connectivity index (χ2v) is 6.82. The third-order valence-electron chi connectivity index (χ3n) is 5.10. The Morgan fingerprint density at radius 3 is 2.76 bits per heavy atom. The van der Waals surface area contributed by atoms with Crippen molar-refractivity contribution in [2.45, 2.75) is 32.8 Å². The number of nitrogens with one attached hydrogen (secondary N) is 1. The lowest BCUT2D eigenvalue weighted by molar-refractivity contribution is 0.0374. The highest BCUT2D eigenvalue weighted by molar-refractivity contribution is 6.00. The predicted octanol–water partition coefficient (Wildman–Crippen LogP) is 2.21. The summed E-state index contributed by atoms with van der Waals surface area (Å²) in [5.74, 6) is 0.142. The van der Waals surface area contributed by atoms with Crippen molar-refractivity contribution >= 4 is 16.9 Å². The molecule has 1 aliphatic rings. The van der Waals surface area contributed by atoms with E-state index < -0.39 is 5.60 Å². The SMILES string of the molecule is Cc1ccc(C)c2c(C)c(C(=O)N3CC[C@@](O)(c4cn[nH]n4)C3)oc12. The van der Waals surface area contributed by atoms with Crippen LogP contribution < -0.4 is 0 Å². The molecule has 4 rings (SSSR count). The Bertz CT molecular complexity index is 961. The molecule has 1 aliphatic heterocycles. The molecule has 0 radical (unpaired) electrons. The highest BCUT2D eigenvalue weighted by Gasteiger charge is 2.42. The van der Waals surface area contributed by atoms with Gasteiger partial charge in [0.15, 0.2) is 5.76 Å². The second kappa shape index (κ2) is 5.42. The van der Waals surface area contributed by atoms with Crippen molar-refractivity contribution in [1.29, 1.82) is 0 Å². The summed E-state index contributed by atoms with van der Waals surface area (Å²) >= 11 is 0. The molecule has 25 heavy (non-hydrogen) atoms. The Balaban J connectivity index is 1.69. The van der Waals surface area contributed by atoms with Crippen LogP contribution in [0.25, 0.3) is 11.0 Å². The number of hydrogen-bond acceptors (Lipinski definition) is 5. The second-order valence-electron chi connectivity index (χ2n) is 6.82. The van der Waals surface area contributed by atoms with Crippen molar-refractivity contribution in [3.63, 3.8) is 0 Å². The molecule has 2 aromatic heterocycles. The lowest BCUT2D eigenvalue weighted by Crippen LogP contribution is -2.34. The van der Waals surface area contributed by atoms with E-state index in [4.69, 9.17) is 4.42 Å². The Labute approximate surface area is 144 Å². The molecule has 130 valence electrons. The van der Waals surface area contributed by atoms with Gasteiger partial charge in [-0.1, -0.05) is 12.1 Å². The number of likely N-dealkylation sites (tertiary alicyclic amines) is 1. The van der Waals surface area contributed by atoms with Gasteiger partial charge in [-0.05, 0) is 31.9 Å². The third-order valence-corrected chi connectivity index (χ3v) is 5.10. The zero-order valence-corrected chi connectivity index (χ0v) is 14.5. The molecule has 0 unspecified atom stereocenters. The van der Waals surface area contributed by atoms with Gasteiger partial charge in [0.1, 0.15) is 16.9 Å². The number of H-pyrrole nitrogens is 1. The number of carbonyl (C=O) groups excluding carboxylic acids is 1. The molecular formula is C18H20N4O3. The van der Waals surface area contributed by atoms with Crippen LogP contribution in [0, 0.1) is 20.8 Å². The zero-order valence-electron chi connectivity index (χ0n) is 14.5. The Kier molecular flexibility index (Phi) is 3.43. The summed E-state index contributed by atoms with van der Waals surface area (Å²) in [6.45, 7) is 6.50. The predicted molar refractivity (Wildman–Crippen MR) is 91.2 cm³/mol. The van der Waals surface area contributed by atoms with E-state index in [2.05, 4.69) is 15.4 Å². The van der Waals surface area contributed by atoms with Crippen LogP contribution in [-0.2, 0) is 5.60 Å². The average molecular weight is 340 g/mol. The molecule has 7 nitrogen and oxygen atoms in total. The minimum atomic E-state index is -1.17. The molecule has 3 aromatic rings. The summed E-state index contributed by atoms with van der Waals surface area (Å²) in [5, 5.41) is 22.0. The van der Waals surface area contributed by atoms with Gasteiger partial charge >= 0.3 is 0 Å². The van der Waals surface area contributed by atoms with Crippen LogP contribution in [0.2, 0.25) is 0 Å². The number of β-amino-alcohol motifs (C(OH)–C–C–N with tert-alkyl or cyclic N) is 1. The van der Waals surface area contributed by atoms with Gasteiger partial charge in [-0.25, -0.2) is 0 Å². The molecular weight excluding hydrogens is 320 g/mol. The van der Waals surface area contributed by atoms with Gasteiger partial charge in [0.05, 0.1) is 12.7 Å². The molecule has 1 atom stereocenters. The summed E-state index contributed by atoms with van der Waals surface area (Å²) in [6.07, 6.45) is 1.91. The number of furan rings is 1. The number of rotatable bonds is 2. The number of aromatic nitrogens is 3. The van der Waals surface area contributed by atoms with E-state index in [-0.39, 0.29) is 12.5 Å². The molecule has 1 amide bonds. The Morgan fingerprint density at radius 2 is 2.08 bits per heavy atom. The van der Waals surface area contributed by atoms with Crippen LogP contribution >= 0.6 is 0 Å². The van der Waals surface area contributed by atoms with Crippen LogP contribution in [0.1, 0.15) is 39.4 Å². The monoisotopic (exact) mass is 340 g/mol. The lowest BCUT2D eigenvalue weighted by Gasteiger charge is -2.20. The maximum absolute atomic E-state index is 13.0. The molecule has 0 aliphatic carbocycles. The molecule has 0 bridgehead atoms. The van der Waals surface area contributed by atoms with E-state index in [0.717, 1.165) is 27.7 Å². The smallest absolute Gasteiger partial charge is 0.290 e. The van der Waals surface area contributed by atoms with E-state index in [1.54, 1.807) is 4.90 Å². The summed E-state index contributed by atoms with van der Waals surface area (Å²) < 4.78 is 5.94. The van der Waals surface area contributed by atoms with E-state index in [9.17, 15) is 9.90 Å². The van der Waals surface area contributed by atoms with Crippen molar-refractivity contribution in [3.8, 4) is 0 Å². The fraction of sp³-hybridized carbons (Fsp3) is 0.389. The van der Waals surface area contributed by atoms with Gasteiger partial charge in [0.2, 0.25) is 0 Å². The van der Waals surface area contributed by atoms with Gasteiger partial charge in [-0.3, -0.25) is 4.79 Å². The van der Waals surface area contributed by atoms with E-state index >= 15 is 0 Å². The molecule has 2 N–H and O–H groups in total. The van der Waals surface area contributed by atoms with Crippen LogP contribution in [0.3, 0.4) is 0 Å². The number of nitrogens with zero attached hydrogens (tertiary/aromatic N) is 3. The first-order valence-corrected chi connectivity index (χ1v) is 8.28. The quantitative estimate of drug-likeness (QED) is 0.746. The van der Waals surface area contributed by atoms with Crippen molar-refractivity contribution in [2.24, 2.45) is 0 Å². The molecule has 7 heteroatoms. The number of hydrogen-bond donors (Lipinski definition) is 2. The number of aromatic amines is 1. The summed E-state index contributed by atoms with van der Waals surface area (Å²) in [5.41, 5.74) is 2.97. The third kappa shape index (κ3) is 2.34. The largest absolute Gasteiger partial charge is 0.450 e. The van der Waals surface area contributed by atoms with Gasteiger partial charge in [0, 0.05) is 23.9 Å². The molecule has 1 fully saturated rings. The highest BCUT2D eigenvalue weighted by atomic mass is 16.3. The van der Waals surface area contributed by atoms with Gasteiger partial charge in [0.25, 0.3) is 5.91 Å². The Hall–Kier alpha value is -2.67. The molecule has 0 spiro atoms. The van der Waals surface area contributed by atoms with Crippen molar-refractivity contribution in [3.05, 3.63) is 46.5 Å². The fourth-order valence-corrected chi connectivity index (χ4v) is 3.62. The first-order valence-electron chi connectivity index (χ1n) is 8.28. The average Bonchev–Trinajstić information content (AvgIpc) is 3.30. The number of benzene rings is 1. The first-order chi connectivity index (χ1) is 11.9. The maximum atomic E-state index is 13.0. The van der Waals surface area contributed by atoms with Crippen LogP contribution in [0.5, 0.6) is 0 Å². The number of fused-ring (bicyclic) bond motifs is 1. The maximum Gasteiger partial charge on any atom is 0.290 e. The Morgan fingerprint density at radius 1 is 1.32 bits per heavy atom. The van der Waals surface area contributed by atoms with Crippen molar-refractivity contribution in [1.82, 2.24) is 20.3 Å². The molecule has 0 saturated carbocycles. The van der Waals surface area contributed by atoms with Crippen molar-refractivity contribution in [2.75, 3.05) is 13.1 Å². The molecule has 1 saturated heterocycles. The fourth-order valence-electron chi connectivity index (χ4n) is 3.62. The number of aliphatic hydroxyl groups is 1. The summed E-state index contributed by atoms with van der Waals surface area (Å²) in [6, 6.07) is 4.03. The van der Waals surface area contributed by atoms with E-state index in [0.29, 0.717) is 24.4 Å². The van der Waals surface area contributed by atoms with E-state index in [1.807, 2.05) is 32.9 Å². The minimum absolute atomic E-state index is 0.173. The highest BCUT2D eigenvalue weighted by Crippen LogP contribution is 2.34. The topological polar surface area (TPSA) is 95.2 Å². The standard InChI is InChI=1S/C18H20N4O3/c1-10-4-5-11(2)15-14(10)12(3)16(25-15)17(23)22-7-6-18(24,9-22)13-8-19-21-20-13/h4-5,8,24H,6-7,9H2,1-3H3,(H,19,20,21)/t18-/m0/s1. The number of amides is 1. The molecule has 1 aromatic carbocycles. The van der Waals surface area contributed by atoms with Gasteiger partial charge in [-0.2, -0.15) is 15.4 Å². The molecule has 3 heterocycles. The normalized spacial score (nSPS) is 20.6. The number of carbonyl (C=O) groups is 1. The first kappa shape index (κ1) is 15.8. The van der Waals surface area contributed by atoms with E-state index in [1.165, 1.54) is 6.20 Å². The minimum Gasteiger partial charge on any atom is -0.450 e. The van der Waals surface area contributed by atoms with Crippen LogP contribution in [-0.4, -0.2) is 44.4 Å². The summed E-state index contributed by atoms with van der Waals surface area (Å²) in [4.78, 5) is 14.6. The lowest BCUT2D eigenvalue weighted by atomic mass is 10.00. The van der Waals surface area contributed by atoms with Crippen LogP contribution in [0.4, 0.5) is 0 Å². The zero-order chi connectivity index (χ0) is 17.8. The van der Waals surface area contributed by atoms with Gasteiger partial charge < -0.3 is 14.4 Å². The van der Waals surface area contributed by atoms with Gasteiger partial charge in [-0.15, -0.1) is 0 Å². The van der Waals surface area contributed by atoms with Crippen molar-refractivity contribution < 1.29 is 14.3 Å².